The Balaban J connectivity index is 2.11. The summed E-state index contributed by atoms with van der Waals surface area (Å²) in [6.07, 6.45) is -0.493. The smallest absolute Gasteiger partial charge is 0.0897 e. The van der Waals surface area contributed by atoms with Gasteiger partial charge in [0.15, 0.2) is 0 Å². The lowest BCUT2D eigenvalue weighted by atomic mass is 10.1. The summed E-state index contributed by atoms with van der Waals surface area (Å²) >= 11 is 0. The summed E-state index contributed by atoms with van der Waals surface area (Å²) in [7, 11) is 0. The number of hydrogen-bond donors (Lipinski definition) is 2. The molecule has 0 heterocycles. The van der Waals surface area contributed by atoms with Gasteiger partial charge in [-0.25, -0.2) is 0 Å². The molecule has 19 heavy (non-hydrogen) atoms. The van der Waals surface area contributed by atoms with Crippen LogP contribution in [0.3, 0.4) is 0 Å². The Hall–Kier alpha value is -0.940. The highest BCUT2D eigenvalue weighted by Crippen LogP contribution is 2.10. The molecule has 0 aromatic heterocycles. The molecule has 4 heteroatoms. The predicted octanol–water partition coefficient (Wildman–Crippen LogP) is 1.75. The van der Waals surface area contributed by atoms with Gasteiger partial charge in [-0.05, 0) is 19.4 Å². The fourth-order valence-electron chi connectivity index (χ4n) is 1.71. The molecule has 1 aromatic rings. The van der Waals surface area contributed by atoms with Gasteiger partial charge in [-0.15, -0.1) is 0 Å². The average Bonchev–Trinajstić information content (AvgIpc) is 2.45. The molecule has 2 atom stereocenters. The summed E-state index contributed by atoms with van der Waals surface area (Å²) in [5, 5.41) is 13.1. The molecular formula is C15H25NO3. The maximum Gasteiger partial charge on any atom is 0.0897 e. The van der Waals surface area contributed by atoms with E-state index < -0.39 is 6.10 Å². The number of hydrogen-bond acceptors (Lipinski definition) is 4. The minimum absolute atomic E-state index is 0.222. The van der Waals surface area contributed by atoms with Crippen LogP contribution in [-0.4, -0.2) is 44.2 Å². The van der Waals surface area contributed by atoms with Crippen molar-refractivity contribution in [3.63, 3.8) is 0 Å². The molecule has 0 amide bonds. The average molecular weight is 267 g/mol. The standard InChI is InChI=1S/C15H25NO3/c1-3-18-9-10-19-12-15(17)11-16-13(2)14-7-5-4-6-8-14/h4-8,13,15-17H,3,9-12H2,1-2H3/t13-,15?/m0/s1. The van der Waals surface area contributed by atoms with E-state index in [4.69, 9.17) is 9.47 Å². The third-order valence-electron chi connectivity index (χ3n) is 2.85. The van der Waals surface area contributed by atoms with Crippen molar-refractivity contribution in [3.8, 4) is 0 Å². The zero-order valence-electron chi connectivity index (χ0n) is 11.8. The molecule has 0 aliphatic heterocycles. The van der Waals surface area contributed by atoms with Crippen LogP contribution in [0.4, 0.5) is 0 Å². The Bertz CT molecular complexity index is 318. The number of nitrogens with one attached hydrogen (secondary N) is 1. The number of rotatable bonds is 10. The number of aliphatic hydroxyl groups excluding tert-OH is 1. The van der Waals surface area contributed by atoms with E-state index >= 15 is 0 Å². The first-order valence-corrected chi connectivity index (χ1v) is 6.86. The van der Waals surface area contributed by atoms with Gasteiger partial charge in [0.25, 0.3) is 0 Å². The van der Waals surface area contributed by atoms with Gasteiger partial charge in [0.1, 0.15) is 0 Å². The maximum atomic E-state index is 9.77. The third kappa shape index (κ3) is 7.28. The zero-order valence-corrected chi connectivity index (χ0v) is 11.8. The minimum atomic E-state index is -0.493. The normalized spacial score (nSPS) is 14.3. The first-order valence-electron chi connectivity index (χ1n) is 6.86. The predicted molar refractivity (Wildman–Crippen MR) is 76.2 cm³/mol. The van der Waals surface area contributed by atoms with Gasteiger partial charge in [-0.1, -0.05) is 30.3 Å². The van der Waals surface area contributed by atoms with Crippen molar-refractivity contribution in [3.05, 3.63) is 35.9 Å². The lowest BCUT2D eigenvalue weighted by Crippen LogP contribution is -2.32. The van der Waals surface area contributed by atoms with Crippen molar-refractivity contribution in [2.24, 2.45) is 0 Å². The fourth-order valence-corrected chi connectivity index (χ4v) is 1.71. The highest BCUT2D eigenvalue weighted by molar-refractivity contribution is 5.17. The fraction of sp³-hybridized carbons (Fsp3) is 0.600. The summed E-state index contributed by atoms with van der Waals surface area (Å²) in [6.45, 7) is 6.69. The quantitative estimate of drug-likeness (QED) is 0.634. The molecule has 0 saturated carbocycles. The highest BCUT2D eigenvalue weighted by Gasteiger charge is 2.08. The van der Waals surface area contributed by atoms with Gasteiger partial charge in [-0.2, -0.15) is 0 Å². The first kappa shape index (κ1) is 16.1. The lowest BCUT2D eigenvalue weighted by molar-refractivity contribution is 0.00586. The van der Waals surface area contributed by atoms with E-state index in [-0.39, 0.29) is 6.04 Å². The van der Waals surface area contributed by atoms with Gasteiger partial charge in [-0.3, -0.25) is 0 Å². The second-order valence-corrected chi connectivity index (χ2v) is 4.47. The molecule has 0 saturated heterocycles. The highest BCUT2D eigenvalue weighted by atomic mass is 16.5. The molecule has 0 fully saturated rings. The molecule has 0 aliphatic rings. The van der Waals surface area contributed by atoms with Crippen LogP contribution in [0.2, 0.25) is 0 Å². The van der Waals surface area contributed by atoms with Crippen LogP contribution >= 0.6 is 0 Å². The first-order chi connectivity index (χ1) is 9.24. The van der Waals surface area contributed by atoms with Crippen LogP contribution < -0.4 is 5.32 Å². The SMILES string of the molecule is CCOCCOCC(O)CN[C@@H](C)c1ccccc1. The maximum absolute atomic E-state index is 9.77. The monoisotopic (exact) mass is 267 g/mol. The van der Waals surface area contributed by atoms with Crippen molar-refractivity contribution in [2.45, 2.75) is 26.0 Å². The largest absolute Gasteiger partial charge is 0.389 e. The van der Waals surface area contributed by atoms with Crippen LogP contribution in [0, 0.1) is 0 Å². The summed E-state index contributed by atoms with van der Waals surface area (Å²) in [5.41, 5.74) is 1.21. The molecule has 0 bridgehead atoms. The molecule has 1 unspecified atom stereocenters. The van der Waals surface area contributed by atoms with Crippen molar-refractivity contribution in [1.82, 2.24) is 5.32 Å². The third-order valence-corrected chi connectivity index (χ3v) is 2.85. The number of ether oxygens (including phenoxy) is 2. The Kier molecular flexibility index (Phi) is 8.41. The second-order valence-electron chi connectivity index (χ2n) is 4.47. The van der Waals surface area contributed by atoms with Crippen LogP contribution in [-0.2, 0) is 9.47 Å². The van der Waals surface area contributed by atoms with Gasteiger partial charge in [0.2, 0.25) is 0 Å². The lowest BCUT2D eigenvalue weighted by Gasteiger charge is -2.17. The molecule has 108 valence electrons. The number of benzene rings is 1. The molecule has 0 radical (unpaired) electrons. The summed E-state index contributed by atoms with van der Waals surface area (Å²) in [6, 6.07) is 10.4. The zero-order chi connectivity index (χ0) is 13.9. The molecule has 1 aromatic carbocycles. The van der Waals surface area contributed by atoms with Crippen LogP contribution in [0.25, 0.3) is 0 Å². The van der Waals surface area contributed by atoms with E-state index in [1.54, 1.807) is 0 Å². The second kappa shape index (κ2) is 9.92. The summed E-state index contributed by atoms with van der Waals surface area (Å²) < 4.78 is 10.5. The Morgan fingerprint density at radius 2 is 1.84 bits per heavy atom. The minimum Gasteiger partial charge on any atom is -0.389 e. The van der Waals surface area contributed by atoms with Gasteiger partial charge in [0, 0.05) is 19.2 Å². The molecular weight excluding hydrogens is 242 g/mol. The van der Waals surface area contributed by atoms with Crippen molar-refractivity contribution >= 4 is 0 Å². The van der Waals surface area contributed by atoms with E-state index in [2.05, 4.69) is 24.4 Å². The molecule has 4 nitrogen and oxygen atoms in total. The topological polar surface area (TPSA) is 50.7 Å². The summed E-state index contributed by atoms with van der Waals surface area (Å²) in [4.78, 5) is 0. The van der Waals surface area contributed by atoms with E-state index in [0.29, 0.717) is 33.0 Å². The van der Waals surface area contributed by atoms with E-state index in [1.807, 2.05) is 25.1 Å². The van der Waals surface area contributed by atoms with E-state index in [1.165, 1.54) is 5.56 Å². The van der Waals surface area contributed by atoms with E-state index in [0.717, 1.165) is 0 Å². The van der Waals surface area contributed by atoms with E-state index in [9.17, 15) is 5.11 Å². The van der Waals surface area contributed by atoms with Gasteiger partial charge >= 0.3 is 0 Å². The Morgan fingerprint density at radius 1 is 1.16 bits per heavy atom. The van der Waals surface area contributed by atoms with Gasteiger partial charge in [0.05, 0.1) is 25.9 Å². The molecule has 1 rings (SSSR count). The van der Waals surface area contributed by atoms with Crippen LogP contribution in [0.5, 0.6) is 0 Å². The Morgan fingerprint density at radius 3 is 2.53 bits per heavy atom. The number of aliphatic hydroxyl groups is 1. The summed E-state index contributed by atoms with van der Waals surface area (Å²) in [5.74, 6) is 0. The van der Waals surface area contributed by atoms with Crippen molar-refractivity contribution in [1.29, 1.82) is 0 Å². The van der Waals surface area contributed by atoms with Crippen molar-refractivity contribution < 1.29 is 14.6 Å². The van der Waals surface area contributed by atoms with Crippen LogP contribution in [0.15, 0.2) is 30.3 Å². The van der Waals surface area contributed by atoms with Crippen molar-refractivity contribution in [2.75, 3.05) is 33.0 Å². The molecule has 2 N–H and O–H groups in total. The Labute approximate surface area is 115 Å². The molecule has 0 spiro atoms. The van der Waals surface area contributed by atoms with Gasteiger partial charge < -0.3 is 19.9 Å². The van der Waals surface area contributed by atoms with Crippen LogP contribution in [0.1, 0.15) is 25.5 Å². The molecule has 0 aliphatic carbocycles.